The minimum atomic E-state index is -0.434. The van der Waals surface area contributed by atoms with Crippen LogP contribution in [-0.2, 0) is 4.74 Å². The SMILES string of the molecule is Cc1cn([C@H]2CNC[C@H](C)O2)c(=O)[nH]c1=O. The van der Waals surface area contributed by atoms with Gasteiger partial charge in [-0.2, -0.15) is 0 Å². The molecule has 88 valence electrons. The van der Waals surface area contributed by atoms with Crippen LogP contribution >= 0.6 is 0 Å². The van der Waals surface area contributed by atoms with Crippen LogP contribution in [0.3, 0.4) is 0 Å². The largest absolute Gasteiger partial charge is 0.352 e. The maximum Gasteiger partial charge on any atom is 0.330 e. The predicted molar refractivity (Wildman–Crippen MR) is 58.5 cm³/mol. The molecule has 0 aromatic carbocycles. The Bertz CT molecular complexity index is 491. The topological polar surface area (TPSA) is 76.1 Å². The molecule has 0 spiro atoms. The fraction of sp³-hybridized carbons (Fsp3) is 0.600. The Morgan fingerprint density at radius 2 is 2.19 bits per heavy atom. The monoisotopic (exact) mass is 225 g/mol. The Labute approximate surface area is 92.3 Å². The van der Waals surface area contributed by atoms with Crippen molar-refractivity contribution in [3.05, 3.63) is 32.6 Å². The van der Waals surface area contributed by atoms with Gasteiger partial charge in [0.1, 0.15) is 0 Å². The van der Waals surface area contributed by atoms with E-state index in [0.29, 0.717) is 12.1 Å². The summed E-state index contributed by atoms with van der Waals surface area (Å²) in [5.41, 5.74) is -0.281. The molecule has 0 saturated carbocycles. The Kier molecular flexibility index (Phi) is 2.93. The quantitative estimate of drug-likeness (QED) is 0.666. The van der Waals surface area contributed by atoms with Crippen LogP contribution < -0.4 is 16.6 Å². The number of aromatic nitrogens is 2. The first-order chi connectivity index (χ1) is 7.58. The maximum absolute atomic E-state index is 11.6. The smallest absolute Gasteiger partial charge is 0.330 e. The van der Waals surface area contributed by atoms with Crippen molar-refractivity contribution in [2.75, 3.05) is 13.1 Å². The minimum absolute atomic E-state index is 0.0536. The van der Waals surface area contributed by atoms with Crippen molar-refractivity contribution in [3.8, 4) is 0 Å². The molecule has 0 aliphatic carbocycles. The molecule has 1 aliphatic rings. The van der Waals surface area contributed by atoms with Crippen molar-refractivity contribution < 1.29 is 4.74 Å². The molecular weight excluding hydrogens is 210 g/mol. The van der Waals surface area contributed by atoms with Crippen molar-refractivity contribution in [1.82, 2.24) is 14.9 Å². The summed E-state index contributed by atoms with van der Waals surface area (Å²) >= 11 is 0. The number of hydrogen-bond acceptors (Lipinski definition) is 4. The number of H-pyrrole nitrogens is 1. The number of nitrogens with one attached hydrogen (secondary N) is 2. The number of nitrogens with zero attached hydrogens (tertiary/aromatic N) is 1. The molecule has 0 amide bonds. The van der Waals surface area contributed by atoms with Crippen LogP contribution in [-0.4, -0.2) is 28.7 Å². The molecule has 0 radical (unpaired) electrons. The summed E-state index contributed by atoms with van der Waals surface area (Å²) in [6.07, 6.45) is 1.23. The van der Waals surface area contributed by atoms with E-state index in [4.69, 9.17) is 4.74 Å². The first-order valence-corrected chi connectivity index (χ1v) is 5.26. The molecule has 0 bridgehead atoms. The lowest BCUT2D eigenvalue weighted by Gasteiger charge is -2.29. The average Bonchev–Trinajstić information content (AvgIpc) is 2.23. The lowest BCUT2D eigenvalue weighted by molar-refractivity contribution is -0.0706. The van der Waals surface area contributed by atoms with E-state index in [9.17, 15) is 9.59 Å². The van der Waals surface area contributed by atoms with E-state index in [-0.39, 0.29) is 17.9 Å². The molecule has 1 aromatic heterocycles. The number of morpholine rings is 1. The van der Waals surface area contributed by atoms with E-state index in [1.54, 1.807) is 6.92 Å². The summed E-state index contributed by atoms with van der Waals surface area (Å²) in [6, 6.07) is 0. The van der Waals surface area contributed by atoms with Crippen LogP contribution in [0.25, 0.3) is 0 Å². The second-order valence-corrected chi connectivity index (χ2v) is 4.04. The summed E-state index contributed by atoms with van der Waals surface area (Å²) in [5.74, 6) is 0. The number of hydrogen-bond donors (Lipinski definition) is 2. The molecule has 6 nitrogen and oxygen atoms in total. The maximum atomic E-state index is 11.6. The van der Waals surface area contributed by atoms with Gasteiger partial charge in [0, 0.05) is 24.8 Å². The van der Waals surface area contributed by atoms with E-state index in [0.717, 1.165) is 6.54 Å². The zero-order valence-electron chi connectivity index (χ0n) is 9.32. The van der Waals surface area contributed by atoms with Crippen LogP contribution in [0.4, 0.5) is 0 Å². The van der Waals surface area contributed by atoms with Crippen LogP contribution in [0.5, 0.6) is 0 Å². The highest BCUT2D eigenvalue weighted by Crippen LogP contribution is 2.11. The van der Waals surface area contributed by atoms with E-state index in [1.165, 1.54) is 10.8 Å². The molecule has 2 atom stereocenters. The van der Waals surface area contributed by atoms with Gasteiger partial charge in [0.2, 0.25) is 0 Å². The van der Waals surface area contributed by atoms with Crippen LogP contribution in [0.2, 0.25) is 0 Å². The number of aromatic amines is 1. The van der Waals surface area contributed by atoms with E-state index in [1.807, 2.05) is 6.92 Å². The molecule has 6 heteroatoms. The third-order valence-corrected chi connectivity index (χ3v) is 2.60. The average molecular weight is 225 g/mol. The highest BCUT2D eigenvalue weighted by molar-refractivity contribution is 5.01. The standard InChI is InChI=1S/C10H15N3O3/c1-6-5-13(10(15)12-9(6)14)8-4-11-3-7(2)16-8/h5,7-8,11H,3-4H2,1-2H3,(H,12,14,15)/t7-,8+/m0/s1. The Morgan fingerprint density at radius 1 is 1.44 bits per heavy atom. The molecule has 1 aliphatic heterocycles. The lowest BCUT2D eigenvalue weighted by Crippen LogP contribution is -2.45. The predicted octanol–water partition coefficient (Wildman–Crippen LogP) is -0.648. The molecule has 2 rings (SSSR count). The number of ether oxygens (including phenoxy) is 1. The second-order valence-electron chi connectivity index (χ2n) is 4.04. The Hall–Kier alpha value is -1.40. The zero-order valence-corrected chi connectivity index (χ0v) is 9.32. The van der Waals surface area contributed by atoms with Crippen LogP contribution in [0, 0.1) is 6.92 Å². The first-order valence-electron chi connectivity index (χ1n) is 5.26. The fourth-order valence-corrected chi connectivity index (χ4v) is 1.74. The van der Waals surface area contributed by atoms with Crippen molar-refractivity contribution in [2.45, 2.75) is 26.2 Å². The third kappa shape index (κ3) is 2.07. The summed E-state index contributed by atoms with van der Waals surface area (Å²) in [6.45, 7) is 4.93. The van der Waals surface area contributed by atoms with E-state index >= 15 is 0 Å². The molecule has 2 N–H and O–H groups in total. The van der Waals surface area contributed by atoms with Crippen LogP contribution in [0.1, 0.15) is 18.7 Å². The van der Waals surface area contributed by atoms with Gasteiger partial charge in [0.15, 0.2) is 6.23 Å². The van der Waals surface area contributed by atoms with Gasteiger partial charge >= 0.3 is 5.69 Å². The van der Waals surface area contributed by atoms with Crippen LogP contribution in [0.15, 0.2) is 15.8 Å². The Balaban J connectivity index is 2.36. The molecular formula is C10H15N3O3. The van der Waals surface area contributed by atoms with Gasteiger partial charge in [-0.25, -0.2) is 4.79 Å². The van der Waals surface area contributed by atoms with E-state index < -0.39 is 5.69 Å². The number of aryl methyl sites for hydroxylation is 1. The Morgan fingerprint density at radius 3 is 2.88 bits per heavy atom. The van der Waals surface area contributed by atoms with Gasteiger partial charge in [-0.1, -0.05) is 0 Å². The van der Waals surface area contributed by atoms with Crippen molar-refractivity contribution >= 4 is 0 Å². The van der Waals surface area contributed by atoms with E-state index in [2.05, 4.69) is 10.3 Å². The van der Waals surface area contributed by atoms with Gasteiger partial charge in [-0.3, -0.25) is 14.3 Å². The van der Waals surface area contributed by atoms with Gasteiger partial charge < -0.3 is 10.1 Å². The second kappa shape index (κ2) is 4.23. The molecule has 16 heavy (non-hydrogen) atoms. The van der Waals surface area contributed by atoms with Gasteiger partial charge in [0.05, 0.1) is 6.10 Å². The summed E-state index contributed by atoms with van der Waals surface area (Å²) in [7, 11) is 0. The summed E-state index contributed by atoms with van der Waals surface area (Å²) in [4.78, 5) is 25.1. The summed E-state index contributed by atoms with van der Waals surface area (Å²) in [5, 5.41) is 3.17. The number of rotatable bonds is 1. The molecule has 2 heterocycles. The van der Waals surface area contributed by atoms with Crippen molar-refractivity contribution in [2.24, 2.45) is 0 Å². The third-order valence-electron chi connectivity index (χ3n) is 2.60. The molecule has 1 saturated heterocycles. The van der Waals surface area contributed by atoms with Gasteiger partial charge in [-0.05, 0) is 13.8 Å². The van der Waals surface area contributed by atoms with Crippen molar-refractivity contribution in [3.63, 3.8) is 0 Å². The lowest BCUT2D eigenvalue weighted by atomic mass is 10.3. The zero-order chi connectivity index (χ0) is 11.7. The van der Waals surface area contributed by atoms with Crippen molar-refractivity contribution in [1.29, 1.82) is 0 Å². The van der Waals surface area contributed by atoms with Gasteiger partial charge in [-0.15, -0.1) is 0 Å². The normalized spacial score (nSPS) is 25.6. The summed E-state index contributed by atoms with van der Waals surface area (Å²) < 4.78 is 7.04. The fourth-order valence-electron chi connectivity index (χ4n) is 1.74. The van der Waals surface area contributed by atoms with Gasteiger partial charge in [0.25, 0.3) is 5.56 Å². The molecule has 1 fully saturated rings. The highest BCUT2D eigenvalue weighted by atomic mass is 16.5. The first kappa shape index (κ1) is 11.1. The molecule has 0 unspecified atom stereocenters. The highest BCUT2D eigenvalue weighted by Gasteiger charge is 2.21. The minimum Gasteiger partial charge on any atom is -0.352 e. The molecule has 1 aromatic rings.